The number of para-hydroxylation sites is 1. The number of nitrogens with two attached hydrogens (primary N) is 1. The van der Waals surface area contributed by atoms with E-state index < -0.39 is 12.5 Å². The zero-order valence-corrected chi connectivity index (χ0v) is 10.5. The lowest BCUT2D eigenvalue weighted by Crippen LogP contribution is -2.22. The number of amides is 2. The van der Waals surface area contributed by atoms with E-state index in [1.807, 2.05) is 0 Å². The lowest BCUT2D eigenvalue weighted by Gasteiger charge is -2.19. The summed E-state index contributed by atoms with van der Waals surface area (Å²) in [4.78, 5) is 11.0. The van der Waals surface area contributed by atoms with Crippen LogP contribution in [0.1, 0.15) is 11.1 Å². The first-order chi connectivity index (χ1) is 9.59. The first-order valence-corrected chi connectivity index (χ1v) is 5.96. The summed E-state index contributed by atoms with van der Waals surface area (Å²) < 4.78 is 26.8. The number of anilines is 1. The van der Waals surface area contributed by atoms with E-state index >= 15 is 0 Å². The van der Waals surface area contributed by atoms with Crippen LogP contribution in [0.3, 0.4) is 0 Å². The summed E-state index contributed by atoms with van der Waals surface area (Å²) in [5.41, 5.74) is 5.99. The summed E-state index contributed by atoms with van der Waals surface area (Å²) in [6.07, 6.45) is -2.67. The van der Waals surface area contributed by atoms with E-state index in [1.54, 1.807) is 42.5 Å². The van der Waals surface area contributed by atoms with Gasteiger partial charge in [-0.2, -0.15) is 0 Å². The molecule has 0 atom stereocenters. The maximum Gasteiger partial charge on any atom is 0.316 e. The highest BCUT2D eigenvalue weighted by Crippen LogP contribution is 2.34. The Kier molecular flexibility index (Phi) is 4.30. The molecule has 5 heteroatoms. The number of urea groups is 1. The fourth-order valence-corrected chi connectivity index (χ4v) is 1.98. The van der Waals surface area contributed by atoms with E-state index in [0.29, 0.717) is 5.56 Å². The lowest BCUT2D eigenvalue weighted by atomic mass is 9.90. The predicted molar refractivity (Wildman–Crippen MR) is 73.5 cm³/mol. The Morgan fingerprint density at radius 2 is 1.60 bits per heavy atom. The third-order valence-electron chi connectivity index (χ3n) is 2.78. The highest BCUT2D eigenvalue weighted by atomic mass is 19.3. The van der Waals surface area contributed by atoms with Crippen molar-refractivity contribution in [1.82, 2.24) is 0 Å². The summed E-state index contributed by atoms with van der Waals surface area (Å²) in [7, 11) is 0. The molecular formula is C15H13F2N2O. The van der Waals surface area contributed by atoms with Crippen molar-refractivity contribution in [3.63, 3.8) is 0 Å². The number of rotatable bonds is 4. The molecule has 0 unspecified atom stereocenters. The van der Waals surface area contributed by atoms with Gasteiger partial charge in [-0.05, 0) is 17.2 Å². The van der Waals surface area contributed by atoms with Gasteiger partial charge < -0.3 is 11.1 Å². The number of carbonyl (C=O) groups excluding carboxylic acids is 1. The molecule has 20 heavy (non-hydrogen) atoms. The van der Waals surface area contributed by atoms with Crippen LogP contribution in [0.5, 0.6) is 0 Å². The van der Waals surface area contributed by atoms with Crippen LogP contribution in [0.2, 0.25) is 0 Å². The van der Waals surface area contributed by atoms with Crippen LogP contribution in [0.25, 0.3) is 0 Å². The van der Waals surface area contributed by atoms with Crippen LogP contribution in [-0.4, -0.2) is 12.5 Å². The third kappa shape index (κ3) is 3.12. The van der Waals surface area contributed by atoms with Crippen LogP contribution >= 0.6 is 0 Å². The number of alkyl halides is 2. The molecule has 2 rings (SSSR count). The number of halogens is 2. The summed E-state index contributed by atoms with van der Waals surface area (Å²) >= 11 is 0. The Bertz CT molecular complexity index is 587. The maximum atomic E-state index is 13.4. The van der Waals surface area contributed by atoms with Crippen LogP contribution in [0.15, 0.2) is 54.6 Å². The monoisotopic (exact) mass is 275 g/mol. The number of primary amides is 1. The molecule has 0 aromatic heterocycles. The van der Waals surface area contributed by atoms with Crippen LogP contribution in [-0.2, 0) is 0 Å². The molecule has 2 amide bonds. The molecule has 0 aliphatic heterocycles. The highest BCUT2D eigenvalue weighted by Gasteiger charge is 2.27. The van der Waals surface area contributed by atoms with Gasteiger partial charge in [0.15, 0.2) is 0 Å². The molecule has 2 aromatic carbocycles. The predicted octanol–water partition coefficient (Wildman–Crippen LogP) is 3.41. The Morgan fingerprint density at radius 3 is 2.20 bits per heavy atom. The van der Waals surface area contributed by atoms with Gasteiger partial charge in [-0.25, -0.2) is 13.6 Å². The van der Waals surface area contributed by atoms with Gasteiger partial charge >= 0.3 is 6.03 Å². The van der Waals surface area contributed by atoms with E-state index in [9.17, 15) is 13.6 Å². The van der Waals surface area contributed by atoms with Crippen molar-refractivity contribution in [2.45, 2.75) is 6.43 Å². The van der Waals surface area contributed by atoms with Crippen molar-refractivity contribution in [2.75, 3.05) is 5.32 Å². The minimum atomic E-state index is -2.67. The smallest absolute Gasteiger partial charge is 0.316 e. The van der Waals surface area contributed by atoms with Gasteiger partial charge in [-0.15, -0.1) is 0 Å². The molecule has 3 N–H and O–H groups in total. The number of hydrogen-bond donors (Lipinski definition) is 2. The van der Waals surface area contributed by atoms with Gasteiger partial charge in [-0.3, -0.25) is 0 Å². The normalized spacial score (nSPS) is 10.8. The number of hydrogen-bond acceptors (Lipinski definition) is 1. The topological polar surface area (TPSA) is 55.1 Å². The van der Waals surface area contributed by atoms with Gasteiger partial charge in [0, 0.05) is 5.69 Å². The molecule has 0 aliphatic rings. The second-order valence-electron chi connectivity index (χ2n) is 4.12. The highest BCUT2D eigenvalue weighted by molar-refractivity contribution is 5.89. The second kappa shape index (κ2) is 6.14. The standard InChI is InChI=1S/C15H13F2N2O/c16-14(17)13(10-6-2-1-3-7-10)11-8-4-5-9-12(11)19-15(18)20/h1-9,14H,(H3,18,19,20). The van der Waals surface area contributed by atoms with Gasteiger partial charge in [0.25, 0.3) is 6.43 Å². The fourth-order valence-electron chi connectivity index (χ4n) is 1.98. The number of nitrogens with one attached hydrogen (secondary N) is 1. The van der Waals surface area contributed by atoms with Crippen molar-refractivity contribution in [3.05, 3.63) is 71.6 Å². The molecule has 0 heterocycles. The summed E-state index contributed by atoms with van der Waals surface area (Å²) in [5.74, 6) is -0.144. The molecule has 0 spiro atoms. The minimum Gasteiger partial charge on any atom is -0.351 e. The lowest BCUT2D eigenvalue weighted by molar-refractivity contribution is 0.174. The molecule has 0 saturated heterocycles. The third-order valence-corrected chi connectivity index (χ3v) is 2.78. The number of benzene rings is 2. The van der Waals surface area contributed by atoms with Crippen molar-refractivity contribution in [1.29, 1.82) is 0 Å². The molecule has 0 fully saturated rings. The first-order valence-electron chi connectivity index (χ1n) is 5.96. The molecule has 0 saturated carbocycles. The molecule has 2 aromatic rings. The summed E-state index contributed by atoms with van der Waals surface area (Å²) in [6, 6.07) is 13.9. The first kappa shape index (κ1) is 14.0. The molecule has 103 valence electrons. The van der Waals surface area contributed by atoms with E-state index in [4.69, 9.17) is 5.73 Å². The van der Waals surface area contributed by atoms with Crippen LogP contribution < -0.4 is 11.1 Å². The zero-order chi connectivity index (χ0) is 14.5. The Balaban J connectivity index is 2.48. The minimum absolute atomic E-state index is 0.144. The molecular weight excluding hydrogens is 262 g/mol. The van der Waals surface area contributed by atoms with Crippen LogP contribution in [0, 0.1) is 5.92 Å². The summed E-state index contributed by atoms with van der Waals surface area (Å²) in [6.45, 7) is 0. The van der Waals surface area contributed by atoms with Gasteiger partial charge in [0.05, 0.1) is 0 Å². The molecule has 0 aliphatic carbocycles. The zero-order valence-electron chi connectivity index (χ0n) is 10.5. The average Bonchev–Trinajstić information content (AvgIpc) is 2.41. The Morgan fingerprint density at radius 1 is 1.00 bits per heavy atom. The van der Waals surface area contributed by atoms with Crippen molar-refractivity contribution in [2.24, 2.45) is 5.73 Å². The van der Waals surface area contributed by atoms with E-state index in [2.05, 4.69) is 5.32 Å². The Labute approximate surface area is 115 Å². The van der Waals surface area contributed by atoms with Crippen molar-refractivity contribution < 1.29 is 13.6 Å². The van der Waals surface area contributed by atoms with Gasteiger partial charge in [-0.1, -0.05) is 48.5 Å². The van der Waals surface area contributed by atoms with E-state index in [1.165, 1.54) is 12.1 Å². The fraction of sp³-hybridized carbons (Fsp3) is 0.0667. The Hall–Kier alpha value is -2.43. The van der Waals surface area contributed by atoms with Gasteiger partial charge in [0.1, 0.15) is 5.92 Å². The SMILES string of the molecule is NC(=O)Nc1ccccc1[C](c1ccccc1)C(F)F. The maximum absolute atomic E-state index is 13.4. The largest absolute Gasteiger partial charge is 0.351 e. The molecule has 1 radical (unpaired) electrons. The average molecular weight is 275 g/mol. The van der Waals surface area contributed by atoms with E-state index in [0.717, 1.165) is 0 Å². The number of carbonyl (C=O) groups is 1. The van der Waals surface area contributed by atoms with Crippen LogP contribution in [0.4, 0.5) is 19.3 Å². The van der Waals surface area contributed by atoms with Gasteiger partial charge in [0.2, 0.25) is 0 Å². The summed E-state index contributed by atoms with van der Waals surface area (Å²) in [5, 5.41) is 2.36. The molecule has 0 bridgehead atoms. The van der Waals surface area contributed by atoms with E-state index in [-0.39, 0.29) is 17.2 Å². The molecule has 3 nitrogen and oxygen atoms in total. The second-order valence-corrected chi connectivity index (χ2v) is 4.12. The van der Waals surface area contributed by atoms with Crippen molar-refractivity contribution >= 4 is 11.7 Å². The van der Waals surface area contributed by atoms with Crippen molar-refractivity contribution in [3.8, 4) is 0 Å². The quantitative estimate of drug-likeness (QED) is 0.882.